The molecule has 2 amide bonds. The number of benzene rings is 2. The van der Waals surface area contributed by atoms with Gasteiger partial charge in [-0.25, -0.2) is 4.98 Å². The largest absolute Gasteiger partial charge is 0.353 e. The highest BCUT2D eigenvalue weighted by Gasteiger charge is 2.26. The maximum atomic E-state index is 13.1. The van der Waals surface area contributed by atoms with Crippen molar-refractivity contribution in [2.75, 3.05) is 31.1 Å². The Morgan fingerprint density at radius 3 is 2.28 bits per heavy atom. The molecule has 2 heterocycles. The van der Waals surface area contributed by atoms with Gasteiger partial charge >= 0.3 is 0 Å². The number of halogens is 1. The van der Waals surface area contributed by atoms with Crippen molar-refractivity contribution in [3.8, 4) is 0 Å². The highest BCUT2D eigenvalue weighted by molar-refractivity contribution is 6.33. The number of anilines is 1. The number of nitrogens with zero attached hydrogens (tertiary/aromatic N) is 3. The first-order valence-electron chi connectivity index (χ1n) is 10.7. The van der Waals surface area contributed by atoms with Crippen molar-refractivity contribution in [2.45, 2.75) is 12.5 Å². The van der Waals surface area contributed by atoms with Gasteiger partial charge in [0, 0.05) is 32.4 Å². The lowest BCUT2D eigenvalue weighted by atomic mass is 10.0. The second kappa shape index (κ2) is 10.3. The van der Waals surface area contributed by atoms with Gasteiger partial charge in [-0.15, -0.1) is 0 Å². The molecule has 2 aromatic carbocycles. The monoisotopic (exact) mass is 448 g/mol. The van der Waals surface area contributed by atoms with Crippen molar-refractivity contribution >= 4 is 29.2 Å². The van der Waals surface area contributed by atoms with Gasteiger partial charge in [0.05, 0.1) is 23.0 Å². The molecule has 7 heteroatoms. The van der Waals surface area contributed by atoms with Crippen molar-refractivity contribution in [3.05, 3.63) is 95.1 Å². The highest BCUT2D eigenvalue weighted by atomic mass is 35.5. The Balaban J connectivity index is 1.43. The Kier molecular flexibility index (Phi) is 7.02. The van der Waals surface area contributed by atoms with Crippen LogP contribution in [0.5, 0.6) is 0 Å². The zero-order valence-corrected chi connectivity index (χ0v) is 18.4. The summed E-state index contributed by atoms with van der Waals surface area (Å²) in [7, 11) is 0. The van der Waals surface area contributed by atoms with Gasteiger partial charge in [0.25, 0.3) is 5.91 Å². The molecule has 0 saturated carbocycles. The minimum Gasteiger partial charge on any atom is -0.353 e. The molecule has 32 heavy (non-hydrogen) atoms. The fraction of sp³-hybridized carbons (Fsp3) is 0.240. The van der Waals surface area contributed by atoms with E-state index in [4.69, 9.17) is 11.6 Å². The van der Waals surface area contributed by atoms with E-state index in [2.05, 4.69) is 15.2 Å². The first-order valence-corrected chi connectivity index (χ1v) is 11.0. The van der Waals surface area contributed by atoms with Crippen molar-refractivity contribution in [1.82, 2.24) is 15.2 Å². The van der Waals surface area contributed by atoms with Gasteiger partial charge in [-0.3, -0.25) is 9.59 Å². The van der Waals surface area contributed by atoms with E-state index in [-0.39, 0.29) is 18.2 Å². The number of nitrogens with one attached hydrogen (secondary N) is 1. The number of piperazine rings is 1. The Hall–Kier alpha value is -3.38. The summed E-state index contributed by atoms with van der Waals surface area (Å²) in [5.74, 6) is 0.643. The minimum absolute atomic E-state index is 0.0129. The van der Waals surface area contributed by atoms with E-state index in [0.29, 0.717) is 23.7 Å². The van der Waals surface area contributed by atoms with Crippen LogP contribution in [0.4, 0.5) is 5.82 Å². The zero-order chi connectivity index (χ0) is 22.3. The van der Waals surface area contributed by atoms with Crippen molar-refractivity contribution in [2.24, 2.45) is 0 Å². The lowest BCUT2D eigenvalue weighted by Crippen LogP contribution is -2.49. The SMILES string of the molecule is O=C(N[C@@H](CC(=O)N1CCN(c2ccccn2)CC1)c1ccccc1)c1ccccc1Cl. The van der Waals surface area contributed by atoms with Gasteiger partial charge in [0.1, 0.15) is 5.82 Å². The summed E-state index contributed by atoms with van der Waals surface area (Å²) in [5.41, 5.74) is 1.28. The molecule has 0 bridgehead atoms. The number of hydrogen-bond donors (Lipinski definition) is 1. The summed E-state index contributed by atoms with van der Waals surface area (Å²) >= 11 is 6.19. The Morgan fingerprint density at radius 2 is 1.59 bits per heavy atom. The van der Waals surface area contributed by atoms with E-state index < -0.39 is 6.04 Å². The van der Waals surface area contributed by atoms with E-state index in [1.165, 1.54) is 0 Å². The molecule has 0 spiro atoms. The molecule has 1 atom stereocenters. The molecule has 1 saturated heterocycles. The number of amides is 2. The third kappa shape index (κ3) is 5.26. The Bertz CT molecular complexity index is 1050. The van der Waals surface area contributed by atoms with Gasteiger partial charge in [-0.1, -0.05) is 60.1 Å². The molecule has 4 rings (SSSR count). The molecule has 6 nitrogen and oxygen atoms in total. The summed E-state index contributed by atoms with van der Waals surface area (Å²) < 4.78 is 0. The smallest absolute Gasteiger partial charge is 0.253 e. The molecule has 1 N–H and O–H groups in total. The summed E-state index contributed by atoms with van der Waals surface area (Å²) in [6, 6.07) is 21.9. The van der Waals surface area contributed by atoms with Crippen LogP contribution >= 0.6 is 11.6 Å². The van der Waals surface area contributed by atoms with Crippen molar-refractivity contribution < 1.29 is 9.59 Å². The van der Waals surface area contributed by atoms with Crippen LogP contribution < -0.4 is 10.2 Å². The van der Waals surface area contributed by atoms with E-state index in [1.807, 2.05) is 53.4 Å². The predicted molar refractivity (Wildman–Crippen MR) is 126 cm³/mol. The zero-order valence-electron chi connectivity index (χ0n) is 17.7. The van der Waals surface area contributed by atoms with Gasteiger partial charge in [-0.05, 0) is 29.8 Å². The predicted octanol–water partition coefficient (Wildman–Crippen LogP) is 3.95. The van der Waals surface area contributed by atoms with Gasteiger partial charge in [0.2, 0.25) is 5.91 Å². The molecule has 1 aliphatic rings. The molecule has 0 aliphatic carbocycles. The number of pyridine rings is 1. The van der Waals surface area contributed by atoms with Gasteiger partial charge in [0.15, 0.2) is 0 Å². The van der Waals surface area contributed by atoms with Crippen LogP contribution in [0, 0.1) is 0 Å². The average Bonchev–Trinajstić information content (AvgIpc) is 2.85. The number of hydrogen-bond acceptors (Lipinski definition) is 4. The molecular formula is C25H25ClN4O2. The third-order valence-electron chi connectivity index (χ3n) is 5.61. The van der Waals surface area contributed by atoms with Crippen LogP contribution in [0.1, 0.15) is 28.4 Å². The second-order valence-electron chi connectivity index (χ2n) is 7.68. The first-order chi connectivity index (χ1) is 15.6. The number of rotatable bonds is 6. The van der Waals surface area contributed by atoms with Crippen LogP contribution in [0.15, 0.2) is 79.0 Å². The number of carbonyl (C=O) groups excluding carboxylic acids is 2. The molecule has 1 aromatic heterocycles. The molecular weight excluding hydrogens is 424 g/mol. The fourth-order valence-electron chi connectivity index (χ4n) is 3.85. The highest BCUT2D eigenvalue weighted by Crippen LogP contribution is 2.22. The van der Waals surface area contributed by atoms with Crippen molar-refractivity contribution in [3.63, 3.8) is 0 Å². The van der Waals surface area contributed by atoms with Crippen LogP contribution in [0.3, 0.4) is 0 Å². The molecule has 1 fully saturated rings. The van der Waals surface area contributed by atoms with Crippen molar-refractivity contribution in [1.29, 1.82) is 0 Å². The topological polar surface area (TPSA) is 65.5 Å². The van der Waals surface area contributed by atoms with Crippen LogP contribution in [0.25, 0.3) is 0 Å². The molecule has 1 aliphatic heterocycles. The first kappa shape index (κ1) is 21.8. The molecule has 0 radical (unpaired) electrons. The fourth-order valence-corrected chi connectivity index (χ4v) is 4.07. The lowest BCUT2D eigenvalue weighted by molar-refractivity contribution is -0.132. The van der Waals surface area contributed by atoms with Crippen LogP contribution in [-0.4, -0.2) is 47.9 Å². The standard InChI is InChI=1S/C25H25ClN4O2/c26-21-11-5-4-10-20(21)25(32)28-22(19-8-2-1-3-9-19)18-24(31)30-16-14-29(15-17-30)23-12-6-7-13-27-23/h1-13,22H,14-18H2,(H,28,32)/t22-/m0/s1. The summed E-state index contributed by atoms with van der Waals surface area (Å²) in [6.45, 7) is 2.69. The van der Waals surface area contributed by atoms with Crippen LogP contribution in [0.2, 0.25) is 5.02 Å². The lowest BCUT2D eigenvalue weighted by Gasteiger charge is -2.36. The minimum atomic E-state index is -0.443. The van der Waals surface area contributed by atoms with E-state index in [9.17, 15) is 9.59 Å². The van der Waals surface area contributed by atoms with Gasteiger partial charge in [-0.2, -0.15) is 0 Å². The molecule has 0 unspecified atom stereocenters. The average molecular weight is 449 g/mol. The number of carbonyl (C=O) groups is 2. The van der Waals surface area contributed by atoms with E-state index >= 15 is 0 Å². The van der Waals surface area contributed by atoms with E-state index in [0.717, 1.165) is 24.5 Å². The van der Waals surface area contributed by atoms with E-state index in [1.54, 1.807) is 30.5 Å². The summed E-state index contributed by atoms with van der Waals surface area (Å²) in [5, 5.41) is 3.39. The number of aromatic nitrogens is 1. The third-order valence-corrected chi connectivity index (χ3v) is 5.94. The maximum Gasteiger partial charge on any atom is 0.253 e. The van der Waals surface area contributed by atoms with Gasteiger partial charge < -0.3 is 15.1 Å². The molecule has 3 aromatic rings. The second-order valence-corrected chi connectivity index (χ2v) is 8.08. The van der Waals surface area contributed by atoms with Crippen LogP contribution in [-0.2, 0) is 4.79 Å². The summed E-state index contributed by atoms with van der Waals surface area (Å²) in [4.78, 5) is 34.4. The summed E-state index contributed by atoms with van der Waals surface area (Å²) in [6.07, 6.45) is 1.96. The quantitative estimate of drug-likeness (QED) is 0.620. The molecule has 164 valence electrons. The Labute approximate surface area is 192 Å². The normalized spacial score (nSPS) is 14.7. The maximum absolute atomic E-state index is 13.1. The Morgan fingerprint density at radius 1 is 0.906 bits per heavy atom.